The molecule has 0 aromatic heterocycles. The summed E-state index contributed by atoms with van der Waals surface area (Å²) in [7, 11) is 0. The Morgan fingerprint density at radius 3 is 2.24 bits per heavy atom. The van der Waals surface area contributed by atoms with E-state index in [4.69, 9.17) is 4.74 Å². The predicted octanol–water partition coefficient (Wildman–Crippen LogP) is 6.30. The number of likely N-dealkylation sites (tertiary alicyclic amines) is 1. The van der Waals surface area contributed by atoms with E-state index >= 15 is 0 Å². The summed E-state index contributed by atoms with van der Waals surface area (Å²) < 4.78 is 8.42. The van der Waals surface area contributed by atoms with Gasteiger partial charge < -0.3 is 13.9 Å². The van der Waals surface area contributed by atoms with Crippen LogP contribution in [0.4, 0.5) is 5.69 Å². The molecule has 7 aliphatic rings. The lowest BCUT2D eigenvalue weighted by Gasteiger charge is -2.62. The molecular weight excluding hydrogens is 474 g/mol. The summed E-state index contributed by atoms with van der Waals surface area (Å²) in [4.78, 5) is 7.21. The van der Waals surface area contributed by atoms with Crippen LogP contribution in [0.25, 0.3) is 10.8 Å². The first-order valence-electron chi connectivity index (χ1n) is 15.2. The van der Waals surface area contributed by atoms with Crippen molar-refractivity contribution >= 4 is 28.4 Å². The molecule has 4 saturated carbocycles. The van der Waals surface area contributed by atoms with E-state index in [2.05, 4.69) is 50.5 Å². The quantitative estimate of drug-likeness (QED) is 0.418. The van der Waals surface area contributed by atoms with Crippen LogP contribution >= 0.6 is 11.9 Å². The van der Waals surface area contributed by atoms with Crippen molar-refractivity contribution in [3.05, 3.63) is 36.4 Å². The third kappa shape index (κ3) is 4.23. The highest BCUT2D eigenvalue weighted by Gasteiger charge is 2.55. The maximum absolute atomic E-state index is 5.82. The second-order valence-corrected chi connectivity index (χ2v) is 14.5. The van der Waals surface area contributed by atoms with Gasteiger partial charge in [-0.1, -0.05) is 24.3 Å². The molecule has 2 saturated heterocycles. The molecule has 0 unspecified atom stereocenters. The minimum absolute atomic E-state index is 0.597. The van der Waals surface area contributed by atoms with Crippen LogP contribution in [0.15, 0.2) is 41.3 Å². The van der Waals surface area contributed by atoms with Crippen LogP contribution in [0.1, 0.15) is 51.4 Å². The zero-order valence-electron chi connectivity index (χ0n) is 22.3. The largest absolute Gasteiger partial charge is 0.379 e. The molecule has 3 aliphatic heterocycles. The van der Waals surface area contributed by atoms with Gasteiger partial charge in [-0.2, -0.15) is 0 Å². The van der Waals surface area contributed by atoms with Crippen molar-refractivity contribution < 1.29 is 4.74 Å². The third-order valence-electron chi connectivity index (χ3n) is 11.2. The Hall–Kier alpha value is -1.27. The second-order valence-electron chi connectivity index (χ2n) is 13.5. The summed E-state index contributed by atoms with van der Waals surface area (Å²) in [5, 5.41) is 2.86. The Labute approximate surface area is 227 Å². The van der Waals surface area contributed by atoms with Gasteiger partial charge in [0, 0.05) is 42.5 Å². The van der Waals surface area contributed by atoms with E-state index in [1.54, 1.807) is 19.3 Å². The van der Waals surface area contributed by atoms with Gasteiger partial charge in [-0.3, -0.25) is 4.90 Å². The molecular formula is C32H43N3OS. The Balaban J connectivity index is 0.944. The van der Waals surface area contributed by atoms with E-state index in [9.17, 15) is 0 Å². The molecule has 6 fully saturated rings. The van der Waals surface area contributed by atoms with Crippen molar-refractivity contribution in [2.45, 2.75) is 62.3 Å². The Bertz CT molecular complexity index is 1100. The van der Waals surface area contributed by atoms with E-state index in [-0.39, 0.29) is 0 Å². The van der Waals surface area contributed by atoms with E-state index in [0.29, 0.717) is 5.41 Å². The van der Waals surface area contributed by atoms with Gasteiger partial charge >= 0.3 is 0 Å². The Morgan fingerprint density at radius 2 is 1.54 bits per heavy atom. The molecule has 9 rings (SSSR count). The highest BCUT2D eigenvalue weighted by Crippen LogP contribution is 2.62. The minimum Gasteiger partial charge on any atom is -0.379 e. The number of nitrogens with zero attached hydrogens (tertiary/aromatic N) is 3. The second kappa shape index (κ2) is 9.43. The lowest BCUT2D eigenvalue weighted by molar-refractivity contribution is -0.122. The zero-order valence-corrected chi connectivity index (χ0v) is 23.1. The summed E-state index contributed by atoms with van der Waals surface area (Å²) >= 11 is 1.97. The number of morpholine rings is 1. The fourth-order valence-electron chi connectivity index (χ4n) is 9.88. The van der Waals surface area contributed by atoms with Crippen LogP contribution in [0.5, 0.6) is 0 Å². The number of benzene rings is 2. The SMILES string of the molecule is c1cc2c3c(cccc3c1)N(CC1CCN(C[C@H](N3CCOCC3)C34CC5CC(CC(C5)C3)C4)CC1)S2. The van der Waals surface area contributed by atoms with Crippen molar-refractivity contribution in [1.82, 2.24) is 9.80 Å². The fraction of sp³-hybridized carbons (Fsp3) is 0.688. The molecule has 4 aliphatic carbocycles. The molecule has 4 nitrogen and oxygen atoms in total. The minimum atomic E-state index is 0.597. The summed E-state index contributed by atoms with van der Waals surface area (Å²) in [6, 6.07) is 14.4. The van der Waals surface area contributed by atoms with E-state index in [0.717, 1.165) is 56.0 Å². The molecule has 37 heavy (non-hydrogen) atoms. The fourth-order valence-corrected chi connectivity index (χ4v) is 11.1. The van der Waals surface area contributed by atoms with Crippen LogP contribution < -0.4 is 4.31 Å². The van der Waals surface area contributed by atoms with Gasteiger partial charge in [0.1, 0.15) is 0 Å². The molecule has 198 valence electrons. The van der Waals surface area contributed by atoms with Crippen molar-refractivity contribution in [3.63, 3.8) is 0 Å². The molecule has 1 atom stereocenters. The van der Waals surface area contributed by atoms with Gasteiger partial charge in [0.05, 0.1) is 18.9 Å². The van der Waals surface area contributed by atoms with Crippen molar-refractivity contribution in [3.8, 4) is 0 Å². The van der Waals surface area contributed by atoms with Crippen LogP contribution in [0.2, 0.25) is 0 Å². The molecule has 0 amide bonds. The number of hydrogen-bond acceptors (Lipinski definition) is 5. The molecule has 0 spiro atoms. The van der Waals surface area contributed by atoms with Gasteiger partial charge in [-0.05, 0) is 123 Å². The third-order valence-corrected chi connectivity index (χ3v) is 12.3. The monoisotopic (exact) mass is 517 g/mol. The first kappa shape index (κ1) is 23.6. The molecule has 0 radical (unpaired) electrons. The van der Waals surface area contributed by atoms with Gasteiger partial charge in [0.15, 0.2) is 0 Å². The smallest absolute Gasteiger partial charge is 0.0594 e. The topological polar surface area (TPSA) is 19.0 Å². The number of rotatable bonds is 6. The van der Waals surface area contributed by atoms with E-state index in [1.807, 2.05) is 11.9 Å². The Morgan fingerprint density at radius 1 is 0.865 bits per heavy atom. The zero-order chi connectivity index (χ0) is 24.4. The van der Waals surface area contributed by atoms with E-state index in [1.165, 1.54) is 79.6 Å². The summed E-state index contributed by atoms with van der Waals surface area (Å²) in [6.07, 6.45) is 11.9. The maximum atomic E-state index is 5.82. The average molecular weight is 518 g/mol. The predicted molar refractivity (Wildman–Crippen MR) is 153 cm³/mol. The number of ether oxygens (including phenoxy) is 1. The first-order valence-corrected chi connectivity index (χ1v) is 16.0. The molecule has 5 heteroatoms. The van der Waals surface area contributed by atoms with E-state index < -0.39 is 0 Å². The lowest BCUT2D eigenvalue weighted by atomic mass is 9.47. The first-order chi connectivity index (χ1) is 18.2. The van der Waals surface area contributed by atoms with Crippen molar-refractivity contribution in [1.29, 1.82) is 0 Å². The van der Waals surface area contributed by atoms with Crippen LogP contribution in [0, 0.1) is 29.1 Å². The van der Waals surface area contributed by atoms with Crippen molar-refractivity contribution in [2.75, 3.05) is 56.8 Å². The van der Waals surface area contributed by atoms with Gasteiger partial charge in [0.25, 0.3) is 0 Å². The molecule has 2 aromatic carbocycles. The molecule has 4 bridgehead atoms. The van der Waals surface area contributed by atoms with Gasteiger partial charge in [0.2, 0.25) is 0 Å². The standard InChI is InChI=1S/C32H43N3OS/c1-3-27-4-2-6-29-31(27)28(5-1)35(37-29)21-23-7-9-33(10-8-23)22-30(34-11-13-36-14-12-34)32-18-24-15-25(19-32)17-26(16-24)20-32/h1-6,23-26,30H,7-22H2/t24?,25?,26?,30-,32?/m0/s1. The number of hydrogen-bond donors (Lipinski definition) is 0. The summed E-state index contributed by atoms with van der Waals surface area (Å²) in [6.45, 7) is 9.25. The summed E-state index contributed by atoms with van der Waals surface area (Å²) in [5.74, 6) is 3.90. The summed E-state index contributed by atoms with van der Waals surface area (Å²) in [5.41, 5.74) is 2.04. The van der Waals surface area contributed by atoms with Crippen LogP contribution in [-0.4, -0.2) is 68.3 Å². The van der Waals surface area contributed by atoms with Gasteiger partial charge in [-0.15, -0.1) is 0 Å². The highest BCUT2D eigenvalue weighted by molar-refractivity contribution is 8.01. The Kier molecular flexibility index (Phi) is 6.02. The maximum Gasteiger partial charge on any atom is 0.0594 e. The average Bonchev–Trinajstić information content (AvgIpc) is 3.27. The van der Waals surface area contributed by atoms with Crippen LogP contribution in [0.3, 0.4) is 0 Å². The molecule has 2 aromatic rings. The van der Waals surface area contributed by atoms with Crippen molar-refractivity contribution in [2.24, 2.45) is 29.1 Å². The number of piperidine rings is 1. The lowest BCUT2D eigenvalue weighted by Crippen LogP contribution is -2.62. The molecule has 3 heterocycles. The highest BCUT2D eigenvalue weighted by atomic mass is 32.2. The number of anilines is 1. The normalized spacial score (nSPS) is 35.0. The molecule has 0 N–H and O–H groups in total. The van der Waals surface area contributed by atoms with Gasteiger partial charge in [-0.25, -0.2) is 0 Å². The van der Waals surface area contributed by atoms with Crippen LogP contribution in [-0.2, 0) is 4.74 Å².